The van der Waals surface area contributed by atoms with Gasteiger partial charge in [-0.2, -0.15) is 5.10 Å². The highest BCUT2D eigenvalue weighted by molar-refractivity contribution is 5.00. The van der Waals surface area contributed by atoms with Crippen LogP contribution >= 0.6 is 0 Å². The molecule has 4 nitrogen and oxygen atoms in total. The molecule has 68 valence electrons. The fraction of sp³-hybridized carbons (Fsp3) is 0.625. The molecular weight excluding hydrogens is 154 g/mol. The predicted octanol–water partition coefficient (Wildman–Crippen LogP) is 0.0692. The van der Waals surface area contributed by atoms with Crippen molar-refractivity contribution in [2.45, 2.75) is 25.9 Å². The van der Waals surface area contributed by atoms with E-state index in [0.29, 0.717) is 6.54 Å². The van der Waals surface area contributed by atoms with Crippen molar-refractivity contribution >= 4 is 0 Å². The number of aliphatic hydroxyl groups is 1. The van der Waals surface area contributed by atoms with Gasteiger partial charge in [0, 0.05) is 12.7 Å². The topological polar surface area (TPSA) is 64.1 Å². The van der Waals surface area contributed by atoms with Crippen LogP contribution in [0.15, 0.2) is 12.3 Å². The highest BCUT2D eigenvalue weighted by atomic mass is 16.3. The minimum atomic E-state index is -0.340. The molecule has 0 aliphatic heterocycles. The third kappa shape index (κ3) is 1.65. The number of nitrogens with zero attached hydrogens (tertiary/aromatic N) is 2. The van der Waals surface area contributed by atoms with Gasteiger partial charge in [0.1, 0.15) is 0 Å². The van der Waals surface area contributed by atoms with Gasteiger partial charge < -0.3 is 10.8 Å². The standard InChI is InChI=1S/C8H15N3O/c1-8(2,6-12)11-4-3-7(5-9)10-11/h3-4,12H,5-6,9H2,1-2H3. The Morgan fingerprint density at radius 1 is 1.67 bits per heavy atom. The Morgan fingerprint density at radius 3 is 2.75 bits per heavy atom. The van der Waals surface area contributed by atoms with Crippen molar-refractivity contribution < 1.29 is 5.11 Å². The first-order valence-electron chi connectivity index (χ1n) is 3.96. The number of rotatable bonds is 3. The molecule has 0 unspecified atom stereocenters. The van der Waals surface area contributed by atoms with E-state index in [9.17, 15) is 0 Å². The summed E-state index contributed by atoms with van der Waals surface area (Å²) in [6.07, 6.45) is 1.83. The molecule has 0 amide bonds. The molecule has 4 heteroatoms. The molecule has 0 radical (unpaired) electrons. The Labute approximate surface area is 72.0 Å². The monoisotopic (exact) mass is 169 g/mol. The van der Waals surface area contributed by atoms with Crippen LogP contribution in [0.25, 0.3) is 0 Å². The zero-order valence-corrected chi connectivity index (χ0v) is 7.49. The van der Waals surface area contributed by atoms with Gasteiger partial charge in [-0.05, 0) is 19.9 Å². The van der Waals surface area contributed by atoms with Crippen molar-refractivity contribution in [1.82, 2.24) is 9.78 Å². The maximum atomic E-state index is 9.04. The molecule has 0 aliphatic rings. The summed E-state index contributed by atoms with van der Waals surface area (Å²) in [6, 6.07) is 1.86. The maximum Gasteiger partial charge on any atom is 0.0801 e. The Morgan fingerprint density at radius 2 is 2.33 bits per heavy atom. The first-order valence-corrected chi connectivity index (χ1v) is 3.96. The minimum Gasteiger partial charge on any atom is -0.394 e. The molecule has 1 heterocycles. The van der Waals surface area contributed by atoms with Gasteiger partial charge in [-0.15, -0.1) is 0 Å². The molecule has 0 saturated heterocycles. The fourth-order valence-corrected chi connectivity index (χ4v) is 0.880. The van der Waals surface area contributed by atoms with Crippen molar-refractivity contribution in [2.75, 3.05) is 6.61 Å². The summed E-state index contributed by atoms with van der Waals surface area (Å²) in [5.74, 6) is 0. The van der Waals surface area contributed by atoms with Crippen LogP contribution in [0, 0.1) is 0 Å². The van der Waals surface area contributed by atoms with E-state index in [1.54, 1.807) is 4.68 Å². The van der Waals surface area contributed by atoms with Gasteiger partial charge in [-0.3, -0.25) is 4.68 Å². The molecule has 0 fully saturated rings. The van der Waals surface area contributed by atoms with E-state index in [1.165, 1.54) is 0 Å². The number of aromatic nitrogens is 2. The van der Waals surface area contributed by atoms with E-state index < -0.39 is 0 Å². The van der Waals surface area contributed by atoms with E-state index in [-0.39, 0.29) is 12.1 Å². The molecule has 0 aromatic carbocycles. The summed E-state index contributed by atoms with van der Waals surface area (Å²) < 4.78 is 1.73. The first kappa shape index (κ1) is 9.22. The number of nitrogens with two attached hydrogens (primary N) is 1. The van der Waals surface area contributed by atoms with Crippen LogP contribution in [0.1, 0.15) is 19.5 Å². The summed E-state index contributed by atoms with van der Waals surface area (Å²) in [5.41, 5.74) is 5.91. The normalized spacial score (nSPS) is 12.0. The zero-order chi connectivity index (χ0) is 9.19. The van der Waals surface area contributed by atoms with Gasteiger partial charge in [-0.25, -0.2) is 0 Å². The lowest BCUT2D eigenvalue weighted by atomic mass is 10.1. The van der Waals surface area contributed by atoms with Gasteiger partial charge in [-0.1, -0.05) is 0 Å². The van der Waals surface area contributed by atoms with Crippen molar-refractivity contribution in [2.24, 2.45) is 5.73 Å². The zero-order valence-electron chi connectivity index (χ0n) is 7.49. The third-order valence-corrected chi connectivity index (χ3v) is 1.86. The van der Waals surface area contributed by atoms with Crippen LogP contribution in [0.5, 0.6) is 0 Å². The molecule has 0 saturated carbocycles. The molecule has 1 aromatic heterocycles. The Balaban J connectivity index is 2.88. The smallest absolute Gasteiger partial charge is 0.0801 e. The molecular formula is C8H15N3O. The van der Waals surface area contributed by atoms with Gasteiger partial charge in [0.05, 0.1) is 17.8 Å². The molecule has 3 N–H and O–H groups in total. The second-order valence-electron chi connectivity index (χ2n) is 3.43. The van der Waals surface area contributed by atoms with Gasteiger partial charge in [0.15, 0.2) is 0 Å². The lowest BCUT2D eigenvalue weighted by Crippen LogP contribution is -2.31. The van der Waals surface area contributed by atoms with E-state index in [0.717, 1.165) is 5.69 Å². The maximum absolute atomic E-state index is 9.04. The van der Waals surface area contributed by atoms with Gasteiger partial charge in [0.2, 0.25) is 0 Å². The lowest BCUT2D eigenvalue weighted by Gasteiger charge is -2.22. The highest BCUT2D eigenvalue weighted by Crippen LogP contribution is 2.12. The predicted molar refractivity (Wildman–Crippen MR) is 46.5 cm³/mol. The number of hydrogen-bond acceptors (Lipinski definition) is 3. The SMILES string of the molecule is CC(C)(CO)n1ccc(CN)n1. The molecule has 0 atom stereocenters. The molecule has 12 heavy (non-hydrogen) atoms. The Bertz CT molecular complexity index is 255. The second kappa shape index (κ2) is 3.25. The van der Waals surface area contributed by atoms with E-state index in [2.05, 4.69) is 5.10 Å². The van der Waals surface area contributed by atoms with Crippen LogP contribution in [0.4, 0.5) is 0 Å². The third-order valence-electron chi connectivity index (χ3n) is 1.86. The summed E-state index contributed by atoms with van der Waals surface area (Å²) in [5, 5.41) is 13.2. The molecule has 1 aromatic rings. The molecule has 0 aliphatic carbocycles. The summed E-state index contributed by atoms with van der Waals surface area (Å²) in [4.78, 5) is 0. The quantitative estimate of drug-likeness (QED) is 0.673. The van der Waals surface area contributed by atoms with Crippen LogP contribution in [0.2, 0.25) is 0 Å². The highest BCUT2D eigenvalue weighted by Gasteiger charge is 2.19. The average molecular weight is 169 g/mol. The van der Waals surface area contributed by atoms with Crippen LogP contribution < -0.4 is 5.73 Å². The molecule has 0 spiro atoms. The van der Waals surface area contributed by atoms with Crippen LogP contribution in [-0.2, 0) is 12.1 Å². The van der Waals surface area contributed by atoms with E-state index in [4.69, 9.17) is 10.8 Å². The number of hydrogen-bond donors (Lipinski definition) is 2. The Kier molecular flexibility index (Phi) is 2.49. The van der Waals surface area contributed by atoms with Crippen LogP contribution in [0.3, 0.4) is 0 Å². The molecule has 1 rings (SSSR count). The second-order valence-corrected chi connectivity index (χ2v) is 3.43. The minimum absolute atomic E-state index is 0.0681. The lowest BCUT2D eigenvalue weighted by molar-refractivity contribution is 0.151. The first-order chi connectivity index (χ1) is 5.60. The largest absolute Gasteiger partial charge is 0.394 e. The summed E-state index contributed by atoms with van der Waals surface area (Å²) in [6.45, 7) is 4.34. The number of aliphatic hydroxyl groups excluding tert-OH is 1. The van der Waals surface area contributed by atoms with Crippen molar-refractivity contribution in [1.29, 1.82) is 0 Å². The van der Waals surface area contributed by atoms with Gasteiger partial charge >= 0.3 is 0 Å². The fourth-order valence-electron chi connectivity index (χ4n) is 0.880. The van der Waals surface area contributed by atoms with E-state index >= 15 is 0 Å². The van der Waals surface area contributed by atoms with E-state index in [1.807, 2.05) is 26.1 Å². The summed E-state index contributed by atoms with van der Waals surface area (Å²) >= 11 is 0. The summed E-state index contributed by atoms with van der Waals surface area (Å²) in [7, 11) is 0. The van der Waals surface area contributed by atoms with Crippen molar-refractivity contribution in [3.05, 3.63) is 18.0 Å². The molecule has 0 bridgehead atoms. The Hall–Kier alpha value is -0.870. The van der Waals surface area contributed by atoms with Crippen LogP contribution in [-0.4, -0.2) is 21.5 Å². The average Bonchev–Trinajstić information content (AvgIpc) is 2.52. The van der Waals surface area contributed by atoms with Gasteiger partial charge in [0.25, 0.3) is 0 Å². The van der Waals surface area contributed by atoms with Crippen molar-refractivity contribution in [3.8, 4) is 0 Å². The van der Waals surface area contributed by atoms with Crippen molar-refractivity contribution in [3.63, 3.8) is 0 Å².